The fourth-order valence-electron chi connectivity index (χ4n) is 2.73. The Balaban J connectivity index is 1.58. The van der Waals surface area contributed by atoms with Crippen LogP contribution in [0, 0.1) is 0 Å². The lowest BCUT2D eigenvalue weighted by molar-refractivity contribution is -0.141. The fraction of sp³-hybridized carbons (Fsp3) is 0.316. The summed E-state index contributed by atoms with van der Waals surface area (Å²) < 4.78 is 49.1. The lowest BCUT2D eigenvalue weighted by Crippen LogP contribution is -2.44. The number of hydrogen-bond acceptors (Lipinski definition) is 3. The van der Waals surface area contributed by atoms with Crippen LogP contribution in [0.2, 0.25) is 5.02 Å². The summed E-state index contributed by atoms with van der Waals surface area (Å²) in [6.45, 7) is 0.827. The van der Waals surface area contributed by atoms with Gasteiger partial charge in [-0.2, -0.15) is 13.2 Å². The van der Waals surface area contributed by atoms with E-state index in [9.17, 15) is 18.0 Å². The maximum Gasteiger partial charge on any atom is 0.416 e. The minimum Gasteiger partial charge on any atom is -0.484 e. The van der Waals surface area contributed by atoms with E-state index in [0.717, 1.165) is 12.1 Å². The van der Waals surface area contributed by atoms with E-state index < -0.39 is 17.8 Å². The molecule has 0 N–H and O–H groups in total. The smallest absolute Gasteiger partial charge is 0.416 e. The van der Waals surface area contributed by atoms with E-state index in [4.69, 9.17) is 21.1 Å². The van der Waals surface area contributed by atoms with Gasteiger partial charge in [-0.3, -0.25) is 4.79 Å². The summed E-state index contributed by atoms with van der Waals surface area (Å²) in [7, 11) is 0. The summed E-state index contributed by atoms with van der Waals surface area (Å²) in [4.78, 5) is 14.0. The van der Waals surface area contributed by atoms with Gasteiger partial charge in [-0.1, -0.05) is 23.7 Å². The number of morpholine rings is 1. The zero-order chi connectivity index (χ0) is 19.4. The first kappa shape index (κ1) is 19.5. The number of benzene rings is 2. The van der Waals surface area contributed by atoms with Gasteiger partial charge in [-0.05, 0) is 42.0 Å². The molecule has 0 saturated carbocycles. The molecule has 4 nitrogen and oxygen atoms in total. The molecule has 0 aromatic heterocycles. The van der Waals surface area contributed by atoms with Crippen molar-refractivity contribution in [3.05, 3.63) is 64.7 Å². The Hall–Kier alpha value is -2.25. The Morgan fingerprint density at radius 2 is 1.81 bits per heavy atom. The molecular formula is C19H17ClF3NO3. The second-order valence-corrected chi connectivity index (χ2v) is 6.50. The van der Waals surface area contributed by atoms with Crippen molar-refractivity contribution in [3.63, 3.8) is 0 Å². The summed E-state index contributed by atoms with van der Waals surface area (Å²) in [6, 6.07) is 11.5. The van der Waals surface area contributed by atoms with E-state index in [1.807, 2.05) is 0 Å². The van der Waals surface area contributed by atoms with Gasteiger partial charge in [0.25, 0.3) is 5.91 Å². The number of carbonyl (C=O) groups is 1. The number of carbonyl (C=O) groups excluding carboxylic acids is 1. The van der Waals surface area contributed by atoms with Crippen molar-refractivity contribution >= 4 is 17.5 Å². The molecule has 2 aromatic carbocycles. The molecule has 3 rings (SSSR count). The molecule has 1 saturated heterocycles. The Bertz CT molecular complexity index is 778. The van der Waals surface area contributed by atoms with Crippen LogP contribution in [0.1, 0.15) is 17.2 Å². The van der Waals surface area contributed by atoms with Gasteiger partial charge < -0.3 is 14.4 Å². The molecule has 1 aliphatic rings. The number of rotatable bonds is 4. The second kappa shape index (κ2) is 8.19. The lowest BCUT2D eigenvalue weighted by Gasteiger charge is -2.33. The monoisotopic (exact) mass is 399 g/mol. The first-order valence-corrected chi connectivity index (χ1v) is 8.65. The standard InChI is InChI=1S/C19H17ClF3NO3/c20-15-5-7-16(8-6-15)27-12-18(25)24-9-10-26-17(11-24)13-1-3-14(4-2-13)19(21,22)23/h1-8,17H,9-12H2/t17-/m1/s1. The van der Waals surface area contributed by atoms with E-state index in [1.54, 1.807) is 29.2 Å². The van der Waals surface area contributed by atoms with Gasteiger partial charge in [-0.25, -0.2) is 0 Å². The highest BCUT2D eigenvalue weighted by atomic mass is 35.5. The Labute approximate surface area is 159 Å². The molecule has 0 aliphatic carbocycles. The van der Waals surface area contributed by atoms with Gasteiger partial charge >= 0.3 is 6.18 Å². The molecule has 0 bridgehead atoms. The third-order valence-electron chi connectivity index (χ3n) is 4.20. The second-order valence-electron chi connectivity index (χ2n) is 6.06. The summed E-state index contributed by atoms with van der Waals surface area (Å²) >= 11 is 5.80. The van der Waals surface area contributed by atoms with E-state index >= 15 is 0 Å². The first-order chi connectivity index (χ1) is 12.8. The predicted octanol–water partition coefficient (Wildman–Crippen LogP) is 4.34. The predicted molar refractivity (Wildman–Crippen MR) is 93.7 cm³/mol. The number of halogens is 4. The van der Waals surface area contributed by atoms with Crippen molar-refractivity contribution in [2.24, 2.45) is 0 Å². The molecule has 144 valence electrons. The van der Waals surface area contributed by atoms with Gasteiger partial charge in [0.05, 0.1) is 18.7 Å². The van der Waals surface area contributed by atoms with Crippen molar-refractivity contribution in [2.45, 2.75) is 12.3 Å². The highest BCUT2D eigenvalue weighted by Gasteiger charge is 2.31. The molecule has 1 heterocycles. The molecule has 0 spiro atoms. The topological polar surface area (TPSA) is 38.8 Å². The minimum atomic E-state index is -4.38. The summed E-state index contributed by atoms with van der Waals surface area (Å²) in [5.41, 5.74) is -0.120. The van der Waals surface area contributed by atoms with Crippen LogP contribution in [0.25, 0.3) is 0 Å². The van der Waals surface area contributed by atoms with Crippen molar-refractivity contribution in [2.75, 3.05) is 26.3 Å². The van der Waals surface area contributed by atoms with E-state index in [1.165, 1.54) is 12.1 Å². The molecule has 1 aliphatic heterocycles. The fourth-order valence-corrected chi connectivity index (χ4v) is 2.86. The van der Waals surface area contributed by atoms with Crippen molar-refractivity contribution in [1.29, 1.82) is 0 Å². The molecule has 0 unspecified atom stereocenters. The number of hydrogen-bond donors (Lipinski definition) is 0. The van der Waals surface area contributed by atoms with Crippen molar-refractivity contribution < 1.29 is 27.4 Å². The van der Waals surface area contributed by atoms with Crippen LogP contribution in [0.4, 0.5) is 13.2 Å². The quantitative estimate of drug-likeness (QED) is 0.767. The van der Waals surface area contributed by atoms with Gasteiger partial charge in [0.2, 0.25) is 0 Å². The molecule has 27 heavy (non-hydrogen) atoms. The van der Waals surface area contributed by atoms with Gasteiger partial charge in [0.15, 0.2) is 6.61 Å². The molecule has 1 fully saturated rings. The van der Waals surface area contributed by atoms with Crippen LogP contribution in [0.5, 0.6) is 5.75 Å². The SMILES string of the molecule is O=C(COc1ccc(Cl)cc1)N1CCO[C@@H](c2ccc(C(F)(F)F)cc2)C1. The van der Waals surface area contributed by atoms with Crippen molar-refractivity contribution in [3.8, 4) is 5.75 Å². The Kier molecular flexibility index (Phi) is 5.92. The highest BCUT2D eigenvalue weighted by molar-refractivity contribution is 6.30. The minimum absolute atomic E-state index is 0.138. The largest absolute Gasteiger partial charge is 0.484 e. The van der Waals surface area contributed by atoms with Crippen LogP contribution < -0.4 is 4.74 Å². The zero-order valence-corrected chi connectivity index (χ0v) is 15.0. The van der Waals surface area contributed by atoms with Gasteiger partial charge in [0, 0.05) is 11.6 Å². The van der Waals surface area contributed by atoms with Crippen LogP contribution in [0.3, 0.4) is 0 Å². The lowest BCUT2D eigenvalue weighted by atomic mass is 10.1. The van der Waals surface area contributed by atoms with Crippen molar-refractivity contribution in [1.82, 2.24) is 4.90 Å². The van der Waals surface area contributed by atoms with Gasteiger partial charge in [-0.15, -0.1) is 0 Å². The van der Waals surface area contributed by atoms with E-state index in [0.29, 0.717) is 29.5 Å². The van der Waals surface area contributed by atoms with Gasteiger partial charge in [0.1, 0.15) is 11.9 Å². The maximum atomic E-state index is 12.7. The highest BCUT2D eigenvalue weighted by Crippen LogP contribution is 2.31. The maximum absolute atomic E-state index is 12.7. The average molecular weight is 400 g/mol. The summed E-state index contributed by atoms with van der Waals surface area (Å²) in [6.07, 6.45) is -4.85. The van der Waals surface area contributed by atoms with Crippen LogP contribution in [0.15, 0.2) is 48.5 Å². The normalized spacial score (nSPS) is 17.6. The van der Waals surface area contributed by atoms with E-state index in [-0.39, 0.29) is 19.1 Å². The van der Waals surface area contributed by atoms with Crippen LogP contribution in [-0.4, -0.2) is 37.1 Å². The van der Waals surface area contributed by atoms with Crippen LogP contribution >= 0.6 is 11.6 Å². The third-order valence-corrected chi connectivity index (χ3v) is 4.46. The molecule has 1 amide bonds. The summed E-state index contributed by atoms with van der Waals surface area (Å²) in [5, 5.41) is 0.571. The van der Waals surface area contributed by atoms with Crippen LogP contribution in [-0.2, 0) is 15.7 Å². The van der Waals surface area contributed by atoms with E-state index in [2.05, 4.69) is 0 Å². The Morgan fingerprint density at radius 3 is 2.44 bits per heavy atom. The number of alkyl halides is 3. The Morgan fingerprint density at radius 1 is 1.15 bits per heavy atom. The zero-order valence-electron chi connectivity index (χ0n) is 14.2. The number of amides is 1. The number of nitrogens with zero attached hydrogens (tertiary/aromatic N) is 1. The third kappa shape index (κ3) is 5.14. The molecule has 0 radical (unpaired) electrons. The molecule has 1 atom stereocenters. The number of ether oxygens (including phenoxy) is 2. The first-order valence-electron chi connectivity index (χ1n) is 8.28. The molecule has 8 heteroatoms. The molecular weight excluding hydrogens is 383 g/mol. The molecule has 2 aromatic rings. The average Bonchev–Trinajstić information content (AvgIpc) is 2.67. The summed E-state index contributed by atoms with van der Waals surface area (Å²) in [5.74, 6) is 0.311.